The molecule has 4 nitrogen and oxygen atoms in total. The average Bonchev–Trinajstić information content (AvgIpc) is 3.04. The van der Waals surface area contributed by atoms with Gasteiger partial charge in [-0.3, -0.25) is 4.98 Å². The Balaban J connectivity index is 1.97. The van der Waals surface area contributed by atoms with E-state index < -0.39 is 0 Å². The van der Waals surface area contributed by atoms with Gasteiger partial charge in [-0.1, -0.05) is 6.07 Å². The monoisotopic (exact) mass is 321 g/mol. The largest absolute Gasteiger partial charge is 0.452 e. The van der Waals surface area contributed by atoms with Crippen molar-refractivity contribution < 1.29 is 4.42 Å². The fourth-order valence-corrected chi connectivity index (χ4v) is 3.82. The molecule has 3 heterocycles. The van der Waals surface area contributed by atoms with E-state index >= 15 is 0 Å². The predicted octanol–water partition coefficient (Wildman–Crippen LogP) is 5.03. The van der Waals surface area contributed by atoms with E-state index in [1.165, 1.54) is 5.56 Å². The maximum Gasteiger partial charge on any atom is 0.161 e. The number of anilines is 1. The number of benzene rings is 1. The molecule has 4 rings (SSSR count). The Hall–Kier alpha value is -2.49. The van der Waals surface area contributed by atoms with Crippen molar-refractivity contribution in [3.05, 3.63) is 48.4 Å². The average molecular weight is 321 g/mol. The second-order valence-electron chi connectivity index (χ2n) is 7.22. The van der Waals surface area contributed by atoms with E-state index in [0.29, 0.717) is 6.04 Å². The Morgan fingerprint density at radius 2 is 1.92 bits per heavy atom. The highest BCUT2D eigenvalue weighted by Crippen LogP contribution is 2.42. The van der Waals surface area contributed by atoms with Crippen molar-refractivity contribution in [1.29, 1.82) is 0 Å². The molecule has 0 spiro atoms. The Morgan fingerprint density at radius 1 is 1.12 bits per heavy atom. The predicted molar refractivity (Wildman–Crippen MR) is 98.9 cm³/mol. The molecule has 0 saturated carbocycles. The van der Waals surface area contributed by atoms with Crippen LogP contribution in [0.4, 0.5) is 5.69 Å². The van der Waals surface area contributed by atoms with Gasteiger partial charge in [-0.25, -0.2) is 0 Å². The summed E-state index contributed by atoms with van der Waals surface area (Å²) in [7, 11) is 0. The lowest BCUT2D eigenvalue weighted by Gasteiger charge is -2.42. The number of aryl methyl sites for hydroxylation is 1. The first-order valence-electron chi connectivity index (χ1n) is 8.44. The van der Waals surface area contributed by atoms with Crippen LogP contribution in [0.2, 0.25) is 0 Å². The van der Waals surface area contributed by atoms with Gasteiger partial charge in [0.2, 0.25) is 0 Å². The van der Waals surface area contributed by atoms with Gasteiger partial charge in [0.1, 0.15) is 11.2 Å². The summed E-state index contributed by atoms with van der Waals surface area (Å²) in [6.45, 7) is 11.1. The minimum atomic E-state index is -0.153. The molecule has 0 atom stereocenters. The van der Waals surface area contributed by atoms with Gasteiger partial charge in [0, 0.05) is 30.0 Å². The van der Waals surface area contributed by atoms with Gasteiger partial charge in [-0.05, 0) is 58.4 Å². The van der Waals surface area contributed by atoms with E-state index in [0.717, 1.165) is 27.8 Å². The van der Waals surface area contributed by atoms with Crippen LogP contribution >= 0.6 is 0 Å². The number of hydrogen-bond donors (Lipinski definition) is 0. The van der Waals surface area contributed by atoms with Crippen LogP contribution < -0.4 is 4.90 Å². The van der Waals surface area contributed by atoms with E-state index in [2.05, 4.69) is 73.9 Å². The van der Waals surface area contributed by atoms with Crippen LogP contribution in [0.1, 0.15) is 33.3 Å². The third-order valence-corrected chi connectivity index (χ3v) is 4.97. The molecule has 0 fully saturated rings. The van der Waals surface area contributed by atoms with Gasteiger partial charge < -0.3 is 14.2 Å². The zero-order valence-electron chi connectivity index (χ0n) is 14.9. The van der Waals surface area contributed by atoms with Crippen molar-refractivity contribution in [3.8, 4) is 0 Å². The first-order valence-corrected chi connectivity index (χ1v) is 8.44. The fourth-order valence-electron chi connectivity index (χ4n) is 3.82. The summed E-state index contributed by atoms with van der Waals surface area (Å²) < 4.78 is 6.21. The molecule has 124 valence electrons. The molecular formula is C20H23N3O. The standard InChI is InChI=1S/C20H23N3O/c1-13(2)22-11-12-23(20(22,4)5)18-14(3)8-9-15-17-16(24-19(15)18)7-6-10-21-17/h6-13H,1-5H3. The van der Waals surface area contributed by atoms with E-state index in [1.54, 1.807) is 0 Å². The molecule has 2 aromatic heterocycles. The van der Waals surface area contributed by atoms with Crippen LogP contribution in [0.25, 0.3) is 22.1 Å². The van der Waals surface area contributed by atoms with Crippen molar-refractivity contribution in [2.45, 2.75) is 46.3 Å². The molecule has 1 aromatic carbocycles. The Labute approximate surface area is 142 Å². The number of pyridine rings is 1. The lowest BCUT2D eigenvalue weighted by molar-refractivity contribution is 0.170. The number of aromatic nitrogens is 1. The number of furan rings is 1. The van der Waals surface area contributed by atoms with Crippen molar-refractivity contribution in [2.75, 3.05) is 4.90 Å². The lowest BCUT2D eigenvalue weighted by Crippen LogP contribution is -2.51. The maximum atomic E-state index is 6.21. The van der Waals surface area contributed by atoms with Crippen LogP contribution in [0.5, 0.6) is 0 Å². The molecule has 0 amide bonds. The topological polar surface area (TPSA) is 32.5 Å². The van der Waals surface area contributed by atoms with Crippen molar-refractivity contribution in [1.82, 2.24) is 9.88 Å². The summed E-state index contributed by atoms with van der Waals surface area (Å²) in [6, 6.07) is 8.59. The van der Waals surface area contributed by atoms with E-state index in [1.807, 2.05) is 18.3 Å². The number of hydrogen-bond acceptors (Lipinski definition) is 4. The summed E-state index contributed by atoms with van der Waals surface area (Å²) in [5.41, 5.74) is 4.84. The molecular weight excluding hydrogens is 298 g/mol. The summed E-state index contributed by atoms with van der Waals surface area (Å²) in [6.07, 6.45) is 6.14. The normalized spacial score (nSPS) is 16.9. The highest BCUT2D eigenvalue weighted by molar-refractivity contribution is 6.07. The third kappa shape index (κ3) is 1.95. The van der Waals surface area contributed by atoms with E-state index in [4.69, 9.17) is 4.42 Å². The van der Waals surface area contributed by atoms with Crippen molar-refractivity contribution in [3.63, 3.8) is 0 Å². The van der Waals surface area contributed by atoms with Crippen LogP contribution in [0, 0.1) is 6.92 Å². The lowest BCUT2D eigenvalue weighted by atomic mass is 10.1. The summed E-state index contributed by atoms with van der Waals surface area (Å²) >= 11 is 0. The summed E-state index contributed by atoms with van der Waals surface area (Å²) in [4.78, 5) is 9.19. The Bertz CT molecular complexity index is 952. The molecule has 1 aliphatic heterocycles. The van der Waals surface area contributed by atoms with Crippen LogP contribution in [-0.4, -0.2) is 21.6 Å². The van der Waals surface area contributed by atoms with E-state index in [-0.39, 0.29) is 5.66 Å². The Morgan fingerprint density at radius 3 is 2.62 bits per heavy atom. The van der Waals surface area contributed by atoms with Crippen LogP contribution in [-0.2, 0) is 0 Å². The van der Waals surface area contributed by atoms with Crippen molar-refractivity contribution >= 4 is 27.8 Å². The zero-order valence-corrected chi connectivity index (χ0v) is 14.9. The molecule has 0 bridgehead atoms. The molecule has 0 saturated heterocycles. The summed E-state index contributed by atoms with van der Waals surface area (Å²) in [5, 5.41) is 1.07. The van der Waals surface area contributed by atoms with Gasteiger partial charge >= 0.3 is 0 Å². The highest BCUT2D eigenvalue weighted by atomic mass is 16.3. The van der Waals surface area contributed by atoms with Gasteiger partial charge in [0.05, 0.1) is 5.69 Å². The quantitative estimate of drug-likeness (QED) is 0.663. The van der Waals surface area contributed by atoms with Crippen LogP contribution in [0.3, 0.4) is 0 Å². The molecule has 3 aromatic rings. The molecule has 1 aliphatic rings. The molecule has 0 radical (unpaired) electrons. The van der Waals surface area contributed by atoms with Gasteiger partial charge in [-0.15, -0.1) is 0 Å². The summed E-state index contributed by atoms with van der Waals surface area (Å²) in [5.74, 6) is 0. The van der Waals surface area contributed by atoms with Gasteiger partial charge in [-0.2, -0.15) is 0 Å². The second kappa shape index (κ2) is 5.00. The molecule has 0 N–H and O–H groups in total. The minimum absolute atomic E-state index is 0.153. The SMILES string of the molecule is Cc1ccc2c(oc3cccnc32)c1N1C=CN(C(C)C)C1(C)C. The first-order chi connectivity index (χ1) is 11.4. The van der Waals surface area contributed by atoms with Crippen LogP contribution in [0.15, 0.2) is 47.3 Å². The van der Waals surface area contributed by atoms with E-state index in [9.17, 15) is 0 Å². The smallest absolute Gasteiger partial charge is 0.161 e. The first kappa shape index (κ1) is 15.1. The zero-order chi connectivity index (χ0) is 17.1. The molecule has 24 heavy (non-hydrogen) atoms. The molecule has 0 unspecified atom stereocenters. The number of rotatable bonds is 2. The number of fused-ring (bicyclic) bond motifs is 3. The molecule has 4 heteroatoms. The Kier molecular flexibility index (Phi) is 3.14. The third-order valence-electron chi connectivity index (χ3n) is 4.97. The van der Waals surface area contributed by atoms with Gasteiger partial charge in [0.15, 0.2) is 11.2 Å². The highest BCUT2D eigenvalue weighted by Gasteiger charge is 2.38. The maximum absolute atomic E-state index is 6.21. The fraction of sp³-hybridized carbons (Fsp3) is 0.350. The molecule has 0 aliphatic carbocycles. The number of nitrogens with zero attached hydrogens (tertiary/aromatic N) is 3. The van der Waals surface area contributed by atoms with Gasteiger partial charge in [0.25, 0.3) is 0 Å². The minimum Gasteiger partial charge on any atom is -0.452 e. The second-order valence-corrected chi connectivity index (χ2v) is 7.22. The van der Waals surface area contributed by atoms with Crippen molar-refractivity contribution in [2.24, 2.45) is 0 Å².